The Morgan fingerprint density at radius 2 is 1.96 bits per heavy atom. The molecule has 150 valence electrons. The zero-order chi connectivity index (χ0) is 20.1. The van der Waals surface area contributed by atoms with Crippen molar-refractivity contribution in [1.29, 1.82) is 0 Å². The average molecular weight is 422 g/mol. The van der Waals surface area contributed by atoms with Gasteiger partial charge in [-0.05, 0) is 37.0 Å². The number of hydrogen-bond acceptors (Lipinski definition) is 7. The number of hydrogen-bond donors (Lipinski definition) is 0. The van der Waals surface area contributed by atoms with E-state index in [2.05, 4.69) is 0 Å². The lowest BCUT2D eigenvalue weighted by Gasteiger charge is -2.24. The van der Waals surface area contributed by atoms with Gasteiger partial charge in [-0.3, -0.25) is 4.90 Å². The number of amides is 1. The molecule has 1 amide bonds. The molecule has 0 N–H and O–H groups in total. The van der Waals surface area contributed by atoms with Crippen LogP contribution in [0.5, 0.6) is 0 Å². The number of thiocarbonyl (C=S) groups is 1. The molecule has 1 aliphatic heterocycles. The van der Waals surface area contributed by atoms with Gasteiger partial charge in [0.1, 0.15) is 18.8 Å². The molecule has 0 unspecified atom stereocenters. The highest BCUT2D eigenvalue weighted by atomic mass is 32.2. The predicted molar refractivity (Wildman–Crippen MR) is 111 cm³/mol. The molecule has 6 nitrogen and oxygen atoms in total. The SMILES string of the molecule is CCOC(=O)[C@@H]1[C@H]2C=C[C@@H](OC(=S)SC)[C@H]2CN1C(=O)OCc1ccccc1. The van der Waals surface area contributed by atoms with Gasteiger partial charge in [-0.15, -0.1) is 0 Å². The number of fused-ring (bicyclic) bond motifs is 1. The Morgan fingerprint density at radius 1 is 1.21 bits per heavy atom. The summed E-state index contributed by atoms with van der Waals surface area (Å²) in [6.07, 6.45) is 4.88. The quantitative estimate of drug-likeness (QED) is 0.410. The van der Waals surface area contributed by atoms with Crippen LogP contribution in [0.1, 0.15) is 12.5 Å². The Kier molecular flexibility index (Phi) is 6.96. The van der Waals surface area contributed by atoms with Crippen molar-refractivity contribution in [3.8, 4) is 0 Å². The number of esters is 1. The Hall–Kier alpha value is -2.06. The number of benzene rings is 1. The van der Waals surface area contributed by atoms with E-state index >= 15 is 0 Å². The van der Waals surface area contributed by atoms with Gasteiger partial charge >= 0.3 is 12.1 Å². The van der Waals surface area contributed by atoms with Crippen molar-refractivity contribution in [2.24, 2.45) is 11.8 Å². The van der Waals surface area contributed by atoms with E-state index in [0.29, 0.717) is 10.9 Å². The minimum atomic E-state index is -0.721. The van der Waals surface area contributed by atoms with E-state index in [-0.39, 0.29) is 31.2 Å². The van der Waals surface area contributed by atoms with Crippen molar-refractivity contribution in [2.75, 3.05) is 19.4 Å². The molecular weight excluding hydrogens is 398 g/mol. The number of carbonyl (C=O) groups excluding carboxylic acids is 2. The highest BCUT2D eigenvalue weighted by Crippen LogP contribution is 2.40. The van der Waals surface area contributed by atoms with Crippen molar-refractivity contribution in [1.82, 2.24) is 4.90 Å². The molecule has 1 aliphatic carbocycles. The topological polar surface area (TPSA) is 65.1 Å². The molecule has 0 saturated carbocycles. The van der Waals surface area contributed by atoms with E-state index in [1.807, 2.05) is 48.7 Å². The Bertz CT molecular complexity index is 754. The molecule has 1 fully saturated rings. The van der Waals surface area contributed by atoms with E-state index < -0.39 is 18.1 Å². The average Bonchev–Trinajstić information content (AvgIpc) is 3.27. The van der Waals surface area contributed by atoms with E-state index in [1.165, 1.54) is 16.7 Å². The molecule has 0 spiro atoms. The zero-order valence-corrected chi connectivity index (χ0v) is 17.4. The van der Waals surface area contributed by atoms with Crippen LogP contribution in [-0.2, 0) is 25.6 Å². The lowest BCUT2D eigenvalue weighted by Crippen LogP contribution is -2.44. The van der Waals surface area contributed by atoms with Crippen molar-refractivity contribution in [3.63, 3.8) is 0 Å². The second kappa shape index (κ2) is 9.43. The summed E-state index contributed by atoms with van der Waals surface area (Å²) in [6.45, 7) is 2.49. The number of rotatable bonds is 5. The molecular formula is C20H23NO5S2. The fourth-order valence-corrected chi connectivity index (χ4v) is 3.96. The van der Waals surface area contributed by atoms with E-state index in [9.17, 15) is 9.59 Å². The summed E-state index contributed by atoms with van der Waals surface area (Å²) in [7, 11) is 0. The molecule has 2 aliphatic rings. The third-order valence-corrected chi connectivity index (χ3v) is 5.94. The van der Waals surface area contributed by atoms with Gasteiger partial charge in [0.15, 0.2) is 0 Å². The molecule has 1 aromatic rings. The van der Waals surface area contributed by atoms with Crippen LogP contribution in [0.3, 0.4) is 0 Å². The zero-order valence-electron chi connectivity index (χ0n) is 15.8. The van der Waals surface area contributed by atoms with Crippen LogP contribution in [0.4, 0.5) is 4.79 Å². The van der Waals surface area contributed by atoms with Crippen molar-refractivity contribution in [3.05, 3.63) is 48.0 Å². The summed E-state index contributed by atoms with van der Waals surface area (Å²) >= 11 is 6.51. The molecule has 0 radical (unpaired) electrons. The van der Waals surface area contributed by atoms with Gasteiger partial charge in [-0.1, -0.05) is 48.2 Å². The van der Waals surface area contributed by atoms with E-state index in [4.69, 9.17) is 26.4 Å². The number of thioether (sulfide) groups is 1. The highest BCUT2D eigenvalue weighted by molar-refractivity contribution is 8.22. The van der Waals surface area contributed by atoms with Gasteiger partial charge < -0.3 is 14.2 Å². The van der Waals surface area contributed by atoms with Crippen molar-refractivity contribution < 1.29 is 23.8 Å². The maximum atomic E-state index is 12.8. The Morgan fingerprint density at radius 3 is 2.64 bits per heavy atom. The van der Waals surface area contributed by atoms with E-state index in [1.54, 1.807) is 6.92 Å². The maximum absolute atomic E-state index is 12.8. The van der Waals surface area contributed by atoms with Crippen LogP contribution in [0, 0.1) is 11.8 Å². The second-order valence-corrected chi connectivity index (χ2v) is 7.96. The van der Waals surface area contributed by atoms with Gasteiger partial charge in [0, 0.05) is 18.4 Å². The number of ether oxygens (including phenoxy) is 3. The predicted octanol–water partition coefficient (Wildman–Crippen LogP) is 3.41. The molecule has 1 aromatic carbocycles. The first-order valence-corrected chi connectivity index (χ1v) is 10.7. The second-order valence-electron chi connectivity index (χ2n) is 6.55. The number of carbonyl (C=O) groups is 2. The first kappa shape index (κ1) is 20.7. The van der Waals surface area contributed by atoms with Crippen LogP contribution < -0.4 is 0 Å². The summed E-state index contributed by atoms with van der Waals surface area (Å²) in [6, 6.07) is 8.70. The van der Waals surface area contributed by atoms with Crippen molar-refractivity contribution in [2.45, 2.75) is 25.7 Å². The van der Waals surface area contributed by atoms with Crippen LogP contribution in [0.2, 0.25) is 0 Å². The molecule has 3 rings (SSSR count). The minimum Gasteiger partial charge on any atom is -0.471 e. The Balaban J connectivity index is 1.72. The van der Waals surface area contributed by atoms with Gasteiger partial charge in [0.2, 0.25) is 4.38 Å². The summed E-state index contributed by atoms with van der Waals surface area (Å²) in [4.78, 5) is 26.8. The fourth-order valence-electron chi connectivity index (χ4n) is 3.64. The fraction of sp³-hybridized carbons (Fsp3) is 0.450. The normalized spacial score (nSPS) is 25.3. The number of likely N-dealkylation sites (tertiary alicyclic amines) is 1. The minimum absolute atomic E-state index is 0.0659. The first-order valence-electron chi connectivity index (χ1n) is 9.12. The molecule has 1 saturated heterocycles. The molecule has 8 heteroatoms. The third kappa shape index (κ3) is 4.50. The molecule has 28 heavy (non-hydrogen) atoms. The van der Waals surface area contributed by atoms with E-state index in [0.717, 1.165) is 5.56 Å². The summed E-state index contributed by atoms with van der Waals surface area (Å²) in [5, 5.41) is 0. The number of nitrogens with zero attached hydrogens (tertiary/aromatic N) is 1. The largest absolute Gasteiger partial charge is 0.471 e. The molecule has 4 atom stereocenters. The lowest BCUT2D eigenvalue weighted by atomic mass is 9.93. The smallest absolute Gasteiger partial charge is 0.410 e. The van der Waals surface area contributed by atoms with Crippen LogP contribution in [-0.4, -0.2) is 52.9 Å². The Labute approximate surface area is 174 Å². The summed E-state index contributed by atoms with van der Waals surface area (Å²) in [5.74, 6) is -0.675. The van der Waals surface area contributed by atoms with Crippen LogP contribution >= 0.6 is 24.0 Å². The van der Waals surface area contributed by atoms with Crippen molar-refractivity contribution >= 4 is 40.4 Å². The maximum Gasteiger partial charge on any atom is 0.410 e. The first-order chi connectivity index (χ1) is 13.5. The monoisotopic (exact) mass is 421 g/mol. The third-order valence-electron chi connectivity index (χ3n) is 4.91. The van der Waals surface area contributed by atoms with Crippen LogP contribution in [0.15, 0.2) is 42.5 Å². The van der Waals surface area contributed by atoms with Gasteiger partial charge in [-0.25, -0.2) is 9.59 Å². The lowest BCUT2D eigenvalue weighted by molar-refractivity contribution is -0.148. The molecule has 0 bridgehead atoms. The summed E-state index contributed by atoms with van der Waals surface area (Å²) < 4.78 is 16.9. The highest BCUT2D eigenvalue weighted by Gasteiger charge is 2.53. The van der Waals surface area contributed by atoms with Gasteiger partial charge in [0.05, 0.1) is 6.61 Å². The standard InChI is InChI=1S/C20H23NO5S2/c1-3-24-18(22)17-14-9-10-16(26-20(27)28-2)15(14)11-21(17)19(23)25-12-13-7-5-4-6-8-13/h4-10,14-17H,3,11-12H2,1-2H3/t14-,15-,16+,17-/m0/s1. The van der Waals surface area contributed by atoms with Gasteiger partial charge in [0.25, 0.3) is 0 Å². The summed E-state index contributed by atoms with van der Waals surface area (Å²) in [5.41, 5.74) is 0.884. The molecule has 1 heterocycles. The van der Waals surface area contributed by atoms with Crippen LogP contribution in [0.25, 0.3) is 0 Å². The van der Waals surface area contributed by atoms with Gasteiger partial charge in [-0.2, -0.15) is 0 Å². The molecule has 0 aromatic heterocycles.